The Labute approximate surface area is 122 Å². The number of carbonyl (C=O) groups is 3. The van der Waals surface area contributed by atoms with Gasteiger partial charge in [-0.1, -0.05) is 11.6 Å². The fraction of sp³-hybridized carbons (Fsp3) is 0.583. The predicted molar refractivity (Wildman–Crippen MR) is 72.1 cm³/mol. The van der Waals surface area contributed by atoms with E-state index in [1.807, 2.05) is 5.32 Å². The van der Waals surface area contributed by atoms with E-state index in [0.717, 1.165) is 6.42 Å². The van der Waals surface area contributed by atoms with Gasteiger partial charge in [-0.3, -0.25) is 14.9 Å². The van der Waals surface area contributed by atoms with E-state index in [1.165, 1.54) is 20.3 Å². The predicted octanol–water partition coefficient (Wildman–Crippen LogP) is 0.0716. The zero-order chi connectivity index (χ0) is 16.1. The molecule has 0 bridgehead atoms. The largest absolute Gasteiger partial charge is 0.469 e. The number of esters is 1. The summed E-state index contributed by atoms with van der Waals surface area (Å²) in [6.45, 7) is 0.337. The Morgan fingerprint density at radius 3 is 2.48 bits per heavy atom. The van der Waals surface area contributed by atoms with E-state index in [1.54, 1.807) is 0 Å². The highest BCUT2D eigenvalue weighted by Crippen LogP contribution is 1.99. The first-order valence-electron chi connectivity index (χ1n) is 6.22. The number of imide groups is 1. The molecule has 9 heteroatoms. The van der Waals surface area contributed by atoms with Crippen molar-refractivity contribution in [1.29, 1.82) is 5.26 Å². The van der Waals surface area contributed by atoms with Gasteiger partial charge >= 0.3 is 12.0 Å². The number of nitrogens with one attached hydrogen (secondary N) is 2. The van der Waals surface area contributed by atoms with Crippen molar-refractivity contribution in [2.75, 3.05) is 20.8 Å². The van der Waals surface area contributed by atoms with Crippen molar-refractivity contribution in [3.8, 4) is 6.07 Å². The molecule has 0 atom stereocenters. The highest BCUT2D eigenvalue weighted by atomic mass is 16.6. The lowest BCUT2D eigenvalue weighted by molar-refractivity contribution is -0.140. The van der Waals surface area contributed by atoms with Gasteiger partial charge in [-0.05, 0) is 12.8 Å². The average Bonchev–Trinajstić information content (AvgIpc) is 2.47. The number of urea groups is 1. The molecule has 9 nitrogen and oxygen atoms in total. The molecule has 0 fully saturated rings. The Kier molecular flexibility index (Phi) is 9.81. The second-order valence-electron chi connectivity index (χ2n) is 3.83. The Balaban J connectivity index is 3.82. The van der Waals surface area contributed by atoms with Gasteiger partial charge in [0.05, 0.1) is 7.11 Å². The summed E-state index contributed by atoms with van der Waals surface area (Å²) >= 11 is 0. The topological polar surface area (TPSA) is 130 Å². The van der Waals surface area contributed by atoms with Gasteiger partial charge < -0.3 is 14.9 Å². The number of unbranched alkanes of at least 4 members (excludes halogenated alkanes) is 2. The summed E-state index contributed by atoms with van der Waals surface area (Å²) in [4.78, 5) is 37.8. The van der Waals surface area contributed by atoms with Crippen LogP contribution in [-0.2, 0) is 19.2 Å². The van der Waals surface area contributed by atoms with Gasteiger partial charge in [0.2, 0.25) is 5.71 Å². The normalized spacial score (nSPS) is 10.2. The molecule has 0 aliphatic rings. The molecule has 0 spiro atoms. The second kappa shape index (κ2) is 11.2. The lowest BCUT2D eigenvalue weighted by atomic mass is 10.2. The van der Waals surface area contributed by atoms with Crippen molar-refractivity contribution in [2.45, 2.75) is 25.7 Å². The highest BCUT2D eigenvalue weighted by Gasteiger charge is 2.14. The van der Waals surface area contributed by atoms with Crippen LogP contribution in [0.15, 0.2) is 5.16 Å². The fourth-order valence-electron chi connectivity index (χ4n) is 1.29. The first kappa shape index (κ1) is 18.4. The van der Waals surface area contributed by atoms with E-state index in [2.05, 4.69) is 20.0 Å². The minimum atomic E-state index is -0.942. The van der Waals surface area contributed by atoms with E-state index in [-0.39, 0.29) is 5.97 Å². The molecule has 0 aliphatic heterocycles. The molecule has 0 unspecified atom stereocenters. The third-order valence-electron chi connectivity index (χ3n) is 2.30. The number of rotatable bonds is 8. The zero-order valence-corrected chi connectivity index (χ0v) is 12.0. The summed E-state index contributed by atoms with van der Waals surface area (Å²) < 4.78 is 4.49. The van der Waals surface area contributed by atoms with Crippen molar-refractivity contribution in [3.05, 3.63) is 0 Å². The van der Waals surface area contributed by atoms with Crippen LogP contribution in [0.1, 0.15) is 25.7 Å². The summed E-state index contributed by atoms with van der Waals surface area (Å²) in [5, 5.41) is 16.1. The van der Waals surface area contributed by atoms with E-state index in [9.17, 15) is 14.4 Å². The molecular formula is C12H18N4O5. The summed E-state index contributed by atoms with van der Waals surface area (Å²) in [5.74, 6) is -1.21. The molecule has 0 rings (SSSR count). The number of carbonyl (C=O) groups excluding carboxylic acids is 3. The summed E-state index contributed by atoms with van der Waals surface area (Å²) in [6, 6.07) is 0.768. The Morgan fingerprint density at radius 2 is 1.90 bits per heavy atom. The molecule has 0 saturated heterocycles. The molecule has 0 radical (unpaired) electrons. The summed E-state index contributed by atoms with van der Waals surface area (Å²) in [7, 11) is 2.51. The van der Waals surface area contributed by atoms with Gasteiger partial charge in [0.25, 0.3) is 5.91 Å². The highest BCUT2D eigenvalue weighted by molar-refractivity contribution is 6.46. The lowest BCUT2D eigenvalue weighted by Crippen LogP contribution is -2.42. The SMILES string of the molecule is CON=C(C#N)C(=O)NC(=O)NCCCCCC(=O)OC. The number of methoxy groups -OCH3 is 1. The van der Waals surface area contributed by atoms with Gasteiger partial charge in [0, 0.05) is 13.0 Å². The first-order valence-corrected chi connectivity index (χ1v) is 6.22. The molecule has 0 aliphatic carbocycles. The summed E-state index contributed by atoms with van der Waals surface area (Å²) in [6.07, 6.45) is 2.38. The molecule has 0 saturated carbocycles. The van der Waals surface area contributed by atoms with Crippen molar-refractivity contribution < 1.29 is 24.0 Å². The fourth-order valence-corrected chi connectivity index (χ4v) is 1.29. The van der Waals surface area contributed by atoms with Crippen LogP contribution in [0.4, 0.5) is 4.79 Å². The van der Waals surface area contributed by atoms with E-state index >= 15 is 0 Å². The average molecular weight is 298 g/mol. The molecule has 0 aromatic heterocycles. The van der Waals surface area contributed by atoms with Crippen LogP contribution in [0.25, 0.3) is 0 Å². The Bertz CT molecular complexity index is 441. The number of hydrogen-bond acceptors (Lipinski definition) is 7. The minimum absolute atomic E-state index is 0.271. The first-order chi connectivity index (χ1) is 10.0. The van der Waals surface area contributed by atoms with E-state index in [4.69, 9.17) is 5.26 Å². The zero-order valence-electron chi connectivity index (χ0n) is 12.0. The van der Waals surface area contributed by atoms with Crippen LogP contribution in [0.2, 0.25) is 0 Å². The van der Waals surface area contributed by atoms with Crippen LogP contribution in [0, 0.1) is 11.3 Å². The number of hydrogen-bond donors (Lipinski definition) is 2. The Morgan fingerprint density at radius 1 is 1.19 bits per heavy atom. The van der Waals surface area contributed by atoms with E-state index < -0.39 is 17.6 Å². The van der Waals surface area contributed by atoms with Gasteiger partial charge in [-0.25, -0.2) is 4.79 Å². The molecule has 21 heavy (non-hydrogen) atoms. The maximum Gasteiger partial charge on any atom is 0.321 e. The minimum Gasteiger partial charge on any atom is -0.469 e. The van der Waals surface area contributed by atoms with Crippen LogP contribution >= 0.6 is 0 Å². The third kappa shape index (κ3) is 8.99. The van der Waals surface area contributed by atoms with Gasteiger partial charge in [0.1, 0.15) is 13.2 Å². The number of ether oxygens (including phenoxy) is 1. The number of oxime groups is 1. The molecule has 0 aromatic rings. The standard InChI is InChI=1S/C12H18N4O5/c1-20-10(17)6-4-3-5-7-14-12(19)15-11(18)9(8-13)16-21-2/h3-7H2,1-2H3,(H2,14,15,18,19). The van der Waals surface area contributed by atoms with Crippen molar-refractivity contribution in [1.82, 2.24) is 10.6 Å². The van der Waals surface area contributed by atoms with Gasteiger partial charge in [-0.2, -0.15) is 5.26 Å². The van der Waals surface area contributed by atoms with Crippen LogP contribution in [-0.4, -0.2) is 44.4 Å². The van der Waals surface area contributed by atoms with Crippen molar-refractivity contribution in [2.24, 2.45) is 5.16 Å². The molecular weight excluding hydrogens is 280 g/mol. The monoisotopic (exact) mass is 298 g/mol. The van der Waals surface area contributed by atoms with Crippen LogP contribution in [0.3, 0.4) is 0 Å². The quantitative estimate of drug-likeness (QED) is 0.282. The van der Waals surface area contributed by atoms with Crippen LogP contribution in [0.5, 0.6) is 0 Å². The molecule has 3 amide bonds. The maximum absolute atomic E-state index is 11.4. The third-order valence-corrected chi connectivity index (χ3v) is 2.30. The number of nitriles is 1. The van der Waals surface area contributed by atoms with Crippen LogP contribution < -0.4 is 10.6 Å². The van der Waals surface area contributed by atoms with E-state index in [0.29, 0.717) is 25.8 Å². The lowest BCUT2D eigenvalue weighted by Gasteiger charge is -2.05. The molecule has 0 aromatic carbocycles. The maximum atomic E-state index is 11.4. The Hall–Kier alpha value is -2.63. The van der Waals surface area contributed by atoms with Crippen molar-refractivity contribution in [3.63, 3.8) is 0 Å². The van der Waals surface area contributed by atoms with Gasteiger partial charge in [-0.15, -0.1) is 0 Å². The summed E-state index contributed by atoms with van der Waals surface area (Å²) in [5.41, 5.74) is -0.550. The molecule has 0 heterocycles. The second-order valence-corrected chi connectivity index (χ2v) is 3.83. The molecule has 116 valence electrons. The smallest absolute Gasteiger partial charge is 0.321 e. The van der Waals surface area contributed by atoms with Gasteiger partial charge in [0.15, 0.2) is 0 Å². The number of amides is 3. The van der Waals surface area contributed by atoms with Crippen molar-refractivity contribution >= 4 is 23.6 Å². The number of nitrogens with zero attached hydrogens (tertiary/aromatic N) is 2. The molecule has 2 N–H and O–H groups in total.